The number of fused-ring (bicyclic) bond motifs is 2. The van der Waals surface area contributed by atoms with Crippen LogP contribution in [0.1, 0.15) is 28.2 Å². The highest BCUT2D eigenvalue weighted by molar-refractivity contribution is 6.42. The lowest BCUT2D eigenvalue weighted by Crippen LogP contribution is -2.19. The minimum absolute atomic E-state index is 0.148. The first-order chi connectivity index (χ1) is 13.2. The monoisotopic (exact) mass is 392 g/mol. The van der Waals surface area contributed by atoms with Crippen molar-refractivity contribution in [1.29, 1.82) is 0 Å². The molecule has 1 aliphatic rings. The van der Waals surface area contributed by atoms with Crippen LogP contribution in [0.4, 0.5) is 0 Å². The van der Waals surface area contributed by atoms with Gasteiger partial charge in [-0.1, -0.05) is 53.5 Å². The van der Waals surface area contributed by atoms with Gasteiger partial charge in [-0.05, 0) is 35.4 Å². The fourth-order valence-corrected chi connectivity index (χ4v) is 3.91. The maximum Gasteiger partial charge on any atom is 0.155 e. The molecule has 0 N–H and O–H groups in total. The Morgan fingerprint density at radius 1 is 0.963 bits per heavy atom. The highest BCUT2D eigenvalue weighted by Gasteiger charge is 2.25. The number of pyridine rings is 1. The van der Waals surface area contributed by atoms with Crippen LogP contribution in [-0.2, 0) is 0 Å². The molecular formula is C21H14Cl2N4. The molecule has 3 heterocycles. The van der Waals surface area contributed by atoms with Crippen LogP contribution in [-0.4, -0.2) is 26.9 Å². The van der Waals surface area contributed by atoms with Gasteiger partial charge in [0, 0.05) is 23.2 Å². The summed E-state index contributed by atoms with van der Waals surface area (Å²) in [7, 11) is 0. The average Bonchev–Trinajstić information content (AvgIpc) is 3.17. The predicted octanol–water partition coefficient (Wildman–Crippen LogP) is 5.02. The van der Waals surface area contributed by atoms with Crippen molar-refractivity contribution < 1.29 is 0 Å². The fourth-order valence-electron chi connectivity index (χ4n) is 3.60. The van der Waals surface area contributed by atoms with Gasteiger partial charge in [0.15, 0.2) is 5.65 Å². The van der Waals surface area contributed by atoms with Gasteiger partial charge in [0.2, 0.25) is 0 Å². The molecule has 0 fully saturated rings. The van der Waals surface area contributed by atoms with E-state index in [9.17, 15) is 0 Å². The van der Waals surface area contributed by atoms with Crippen molar-refractivity contribution in [2.45, 2.75) is 5.92 Å². The second kappa shape index (κ2) is 6.48. The molecule has 0 spiro atoms. The van der Waals surface area contributed by atoms with Crippen molar-refractivity contribution in [2.75, 3.05) is 6.54 Å². The highest BCUT2D eigenvalue weighted by Crippen LogP contribution is 2.35. The van der Waals surface area contributed by atoms with Gasteiger partial charge in [-0.25, -0.2) is 9.50 Å². The van der Waals surface area contributed by atoms with Crippen LogP contribution in [0.15, 0.2) is 72.1 Å². The molecule has 6 heteroatoms. The lowest BCUT2D eigenvalue weighted by Gasteiger charge is -2.25. The van der Waals surface area contributed by atoms with Gasteiger partial charge in [0.1, 0.15) is 6.33 Å². The number of hydrogen-bond acceptors (Lipinski definition) is 3. The van der Waals surface area contributed by atoms with Crippen molar-refractivity contribution in [3.8, 4) is 0 Å². The molecular weight excluding hydrogens is 379 g/mol. The summed E-state index contributed by atoms with van der Waals surface area (Å²) in [4.78, 5) is 9.13. The van der Waals surface area contributed by atoms with E-state index in [1.54, 1.807) is 10.8 Å². The zero-order chi connectivity index (χ0) is 18.4. The van der Waals surface area contributed by atoms with Crippen LogP contribution in [0.3, 0.4) is 0 Å². The molecule has 2 aromatic heterocycles. The van der Waals surface area contributed by atoms with Crippen LogP contribution in [0, 0.1) is 0 Å². The van der Waals surface area contributed by atoms with Crippen LogP contribution in [0.2, 0.25) is 10.0 Å². The zero-order valence-corrected chi connectivity index (χ0v) is 15.7. The minimum Gasteiger partial charge on any atom is -0.283 e. The van der Waals surface area contributed by atoms with E-state index in [0.29, 0.717) is 16.6 Å². The first-order valence-electron chi connectivity index (χ1n) is 8.59. The summed E-state index contributed by atoms with van der Waals surface area (Å²) in [5.41, 5.74) is 6.29. The fraction of sp³-hybridized carbons (Fsp3) is 0.0952. The number of hydrogen-bond donors (Lipinski definition) is 0. The zero-order valence-electron chi connectivity index (χ0n) is 14.2. The van der Waals surface area contributed by atoms with E-state index >= 15 is 0 Å². The van der Waals surface area contributed by atoms with Gasteiger partial charge in [-0.2, -0.15) is 5.10 Å². The molecule has 1 unspecified atom stereocenters. The average molecular weight is 393 g/mol. The molecule has 0 bridgehead atoms. The molecule has 2 aromatic carbocycles. The molecule has 1 atom stereocenters. The summed E-state index contributed by atoms with van der Waals surface area (Å²) in [6.07, 6.45) is 3.52. The maximum absolute atomic E-state index is 6.25. The van der Waals surface area contributed by atoms with E-state index < -0.39 is 0 Å². The van der Waals surface area contributed by atoms with E-state index in [4.69, 9.17) is 28.2 Å². The van der Waals surface area contributed by atoms with Gasteiger partial charge in [-0.15, -0.1) is 0 Å². The van der Waals surface area contributed by atoms with Crippen LogP contribution in [0.5, 0.6) is 0 Å². The highest BCUT2D eigenvalue weighted by atomic mass is 35.5. The molecule has 4 nitrogen and oxygen atoms in total. The standard InChI is InChI=1S/C21H14Cl2N4/c22-18-7-5-13(9-19(18)23)17-10-24-21(16-4-2-1-3-15(16)17)14-6-8-20-25-12-26-27(20)11-14/h1-9,11-12,17H,10H2. The molecule has 5 rings (SSSR count). The molecule has 27 heavy (non-hydrogen) atoms. The number of rotatable bonds is 2. The van der Waals surface area contributed by atoms with Gasteiger partial charge in [0.25, 0.3) is 0 Å². The Morgan fingerprint density at radius 3 is 2.74 bits per heavy atom. The van der Waals surface area contributed by atoms with E-state index in [2.05, 4.69) is 28.3 Å². The van der Waals surface area contributed by atoms with Crippen molar-refractivity contribution in [2.24, 2.45) is 4.99 Å². The topological polar surface area (TPSA) is 42.5 Å². The van der Waals surface area contributed by atoms with E-state index in [-0.39, 0.29) is 5.92 Å². The second-order valence-electron chi connectivity index (χ2n) is 6.48. The van der Waals surface area contributed by atoms with Crippen molar-refractivity contribution in [1.82, 2.24) is 14.6 Å². The summed E-state index contributed by atoms with van der Waals surface area (Å²) in [6.45, 7) is 0.652. The van der Waals surface area contributed by atoms with Crippen LogP contribution in [0.25, 0.3) is 5.65 Å². The molecule has 1 aliphatic heterocycles. The van der Waals surface area contributed by atoms with Gasteiger partial charge in [0.05, 0.1) is 22.3 Å². The molecule has 0 saturated carbocycles. The smallest absolute Gasteiger partial charge is 0.155 e. The number of halogens is 2. The predicted molar refractivity (Wildman–Crippen MR) is 108 cm³/mol. The van der Waals surface area contributed by atoms with Crippen molar-refractivity contribution in [3.05, 3.63) is 99.4 Å². The largest absolute Gasteiger partial charge is 0.283 e. The summed E-state index contributed by atoms with van der Waals surface area (Å²) < 4.78 is 1.77. The number of nitrogens with zero attached hydrogens (tertiary/aromatic N) is 4. The summed E-state index contributed by atoms with van der Waals surface area (Å²) in [5, 5.41) is 5.37. The molecule has 0 amide bonds. The third kappa shape index (κ3) is 2.82. The Labute approximate surface area is 166 Å². The van der Waals surface area contributed by atoms with Crippen molar-refractivity contribution >= 4 is 34.6 Å². The first-order valence-corrected chi connectivity index (χ1v) is 9.35. The third-order valence-corrected chi connectivity index (χ3v) is 5.66. The second-order valence-corrected chi connectivity index (χ2v) is 7.30. The quantitative estimate of drug-likeness (QED) is 0.480. The minimum atomic E-state index is 0.148. The Bertz CT molecular complexity index is 1200. The van der Waals surface area contributed by atoms with Gasteiger partial charge < -0.3 is 0 Å². The Balaban J connectivity index is 1.62. The summed E-state index contributed by atoms with van der Waals surface area (Å²) >= 11 is 12.3. The van der Waals surface area contributed by atoms with Crippen LogP contribution < -0.4 is 0 Å². The molecule has 132 valence electrons. The Morgan fingerprint density at radius 2 is 1.85 bits per heavy atom. The third-order valence-electron chi connectivity index (χ3n) is 4.92. The lowest BCUT2D eigenvalue weighted by molar-refractivity contribution is 0.803. The summed E-state index contributed by atoms with van der Waals surface area (Å²) in [5.74, 6) is 0.148. The number of aromatic nitrogens is 3. The van der Waals surface area contributed by atoms with E-state index in [1.807, 2.05) is 42.6 Å². The normalized spacial score (nSPS) is 16.2. The first kappa shape index (κ1) is 16.5. The Kier molecular flexibility index (Phi) is 3.96. The van der Waals surface area contributed by atoms with Crippen LogP contribution >= 0.6 is 23.2 Å². The number of benzene rings is 2. The van der Waals surface area contributed by atoms with Gasteiger partial charge >= 0.3 is 0 Å². The van der Waals surface area contributed by atoms with Crippen molar-refractivity contribution in [3.63, 3.8) is 0 Å². The van der Waals surface area contributed by atoms with E-state index in [0.717, 1.165) is 28.0 Å². The molecule has 0 radical (unpaired) electrons. The summed E-state index contributed by atoms with van der Waals surface area (Å²) in [6, 6.07) is 18.2. The lowest BCUT2D eigenvalue weighted by atomic mass is 9.83. The SMILES string of the molecule is Clc1ccc(C2CN=C(c3ccc4ncnn4c3)c3ccccc32)cc1Cl. The Hall–Kier alpha value is -2.69. The molecule has 0 aliphatic carbocycles. The molecule has 4 aromatic rings. The molecule has 0 saturated heterocycles. The van der Waals surface area contributed by atoms with E-state index in [1.165, 1.54) is 5.56 Å². The number of aliphatic imine (C=N–C) groups is 1. The van der Waals surface area contributed by atoms with Gasteiger partial charge in [-0.3, -0.25) is 4.99 Å². The maximum atomic E-state index is 6.25.